The Morgan fingerprint density at radius 3 is 1.98 bits per heavy atom. The predicted molar refractivity (Wildman–Crippen MR) is 171 cm³/mol. The largest absolute Gasteiger partial charge is 0.381 e. The Bertz CT molecular complexity index is 1950. The number of rotatable bonds is 4. The number of dihydropyridines is 1. The lowest BCUT2D eigenvalue weighted by Crippen LogP contribution is -2.16. The van der Waals surface area contributed by atoms with Crippen molar-refractivity contribution in [3.8, 4) is 33.4 Å². The summed E-state index contributed by atoms with van der Waals surface area (Å²) < 4.78 is 0. The van der Waals surface area contributed by atoms with Crippen molar-refractivity contribution in [2.75, 3.05) is 6.54 Å². The number of benzene rings is 5. The first-order valence-electron chi connectivity index (χ1n) is 13.8. The molecule has 1 heterocycles. The Kier molecular flexibility index (Phi) is 5.95. The van der Waals surface area contributed by atoms with Gasteiger partial charge in [0.15, 0.2) is 0 Å². The fourth-order valence-electron chi connectivity index (χ4n) is 6.09. The standard InChI is InChI=1S/C39H29N/c1-26-18-23-35(36(25-26)28-12-4-3-5-13-28)38-33-16-8-6-14-31(33)37(32-15-7-9-17-34(32)38)29-19-21-30(22-20-29)39-27(2)11-10-24-40-39/h3-6,8,10-23,25,40H,24H2,1-2H3. The Balaban J connectivity index is 1.49. The molecule has 0 spiro atoms. The molecule has 0 saturated heterocycles. The molecule has 1 N–H and O–H groups in total. The summed E-state index contributed by atoms with van der Waals surface area (Å²) in [5.41, 5.74) is 21.2. The van der Waals surface area contributed by atoms with Crippen LogP contribution >= 0.6 is 0 Å². The van der Waals surface area contributed by atoms with Crippen LogP contribution in [0.2, 0.25) is 0 Å². The molecule has 0 bridgehead atoms. The van der Waals surface area contributed by atoms with Crippen LogP contribution in [0.5, 0.6) is 0 Å². The zero-order valence-corrected chi connectivity index (χ0v) is 22.8. The molecule has 1 aliphatic carbocycles. The molecule has 0 atom stereocenters. The smallest absolute Gasteiger partial charge is 0.0445 e. The van der Waals surface area contributed by atoms with Gasteiger partial charge >= 0.3 is 0 Å². The molecule has 2 aliphatic rings. The van der Waals surface area contributed by atoms with E-state index in [-0.39, 0.29) is 0 Å². The van der Waals surface area contributed by atoms with Crippen molar-refractivity contribution >= 4 is 28.6 Å². The Morgan fingerprint density at radius 2 is 1.25 bits per heavy atom. The van der Waals surface area contributed by atoms with Gasteiger partial charge in [0.1, 0.15) is 0 Å². The van der Waals surface area contributed by atoms with E-state index in [4.69, 9.17) is 0 Å². The second kappa shape index (κ2) is 9.92. The maximum atomic E-state index is 3.54. The number of hydrogen-bond acceptors (Lipinski definition) is 1. The summed E-state index contributed by atoms with van der Waals surface area (Å²) in [6.07, 6.45) is 8.57. The molecule has 190 valence electrons. The van der Waals surface area contributed by atoms with Crippen molar-refractivity contribution in [3.63, 3.8) is 0 Å². The SMILES string of the molecule is CC1=C(c2ccc(-c3c4c(c(-c5ccc(C)cc5-c5ccccc5)c5ccccc35)C=C=C=C4)cc2)NCC=C1. The Morgan fingerprint density at radius 1 is 0.600 bits per heavy atom. The first kappa shape index (κ1) is 24.0. The van der Waals surface area contributed by atoms with Crippen LogP contribution in [0.3, 0.4) is 0 Å². The van der Waals surface area contributed by atoms with Crippen LogP contribution in [0.4, 0.5) is 0 Å². The van der Waals surface area contributed by atoms with E-state index in [0.717, 1.165) is 6.54 Å². The van der Waals surface area contributed by atoms with Gasteiger partial charge in [-0.2, -0.15) is 0 Å². The average molecular weight is 512 g/mol. The van der Waals surface area contributed by atoms with E-state index >= 15 is 0 Å². The van der Waals surface area contributed by atoms with Crippen molar-refractivity contribution in [1.29, 1.82) is 0 Å². The second-order valence-corrected chi connectivity index (χ2v) is 10.5. The summed E-state index contributed by atoms with van der Waals surface area (Å²) >= 11 is 0. The van der Waals surface area contributed by atoms with Gasteiger partial charge in [0.05, 0.1) is 0 Å². The number of aryl methyl sites for hydroxylation is 1. The van der Waals surface area contributed by atoms with Crippen molar-refractivity contribution in [2.24, 2.45) is 0 Å². The molecule has 1 nitrogen and oxygen atoms in total. The van der Waals surface area contributed by atoms with Crippen LogP contribution in [-0.2, 0) is 0 Å². The highest BCUT2D eigenvalue weighted by atomic mass is 14.9. The van der Waals surface area contributed by atoms with E-state index in [1.807, 2.05) is 0 Å². The summed E-state index contributed by atoms with van der Waals surface area (Å²) in [6.45, 7) is 5.19. The normalized spacial score (nSPS) is 13.6. The van der Waals surface area contributed by atoms with E-state index in [9.17, 15) is 0 Å². The van der Waals surface area contributed by atoms with Crippen LogP contribution in [0.25, 0.3) is 62.0 Å². The van der Waals surface area contributed by atoms with E-state index in [1.165, 1.54) is 77.7 Å². The highest BCUT2D eigenvalue weighted by Crippen LogP contribution is 2.46. The third kappa shape index (κ3) is 4.06. The molecule has 1 aliphatic heterocycles. The van der Waals surface area contributed by atoms with Gasteiger partial charge in [0.2, 0.25) is 0 Å². The maximum Gasteiger partial charge on any atom is 0.0445 e. The van der Waals surface area contributed by atoms with Crippen molar-refractivity contribution in [2.45, 2.75) is 13.8 Å². The highest BCUT2D eigenvalue weighted by Gasteiger charge is 2.22. The monoisotopic (exact) mass is 511 g/mol. The molecule has 0 saturated carbocycles. The lowest BCUT2D eigenvalue weighted by molar-refractivity contribution is 0.980. The molecule has 5 aromatic carbocycles. The molecule has 1 heteroatoms. The molecule has 5 aromatic rings. The van der Waals surface area contributed by atoms with Crippen molar-refractivity contribution in [1.82, 2.24) is 5.32 Å². The van der Waals surface area contributed by atoms with Gasteiger partial charge in [0, 0.05) is 12.2 Å². The van der Waals surface area contributed by atoms with Crippen LogP contribution in [0.15, 0.2) is 126 Å². The van der Waals surface area contributed by atoms with Gasteiger partial charge in [-0.1, -0.05) is 126 Å². The minimum atomic E-state index is 0.863. The minimum absolute atomic E-state index is 0.863. The van der Waals surface area contributed by atoms with Crippen molar-refractivity contribution < 1.29 is 0 Å². The fraction of sp³-hybridized carbons (Fsp3) is 0.0769. The second-order valence-electron chi connectivity index (χ2n) is 10.5. The molecule has 0 aromatic heterocycles. The van der Waals surface area contributed by atoms with E-state index < -0.39 is 0 Å². The van der Waals surface area contributed by atoms with Crippen LogP contribution in [0.1, 0.15) is 29.2 Å². The summed E-state index contributed by atoms with van der Waals surface area (Å²) in [5, 5.41) is 6.02. The molecule has 0 amide bonds. The minimum Gasteiger partial charge on any atom is -0.381 e. The average Bonchev–Trinajstić information content (AvgIpc) is 3.01. The number of nitrogens with one attached hydrogen (secondary N) is 1. The number of fused-ring (bicyclic) bond motifs is 2. The third-order valence-corrected chi connectivity index (χ3v) is 7.96. The topological polar surface area (TPSA) is 12.0 Å². The zero-order chi connectivity index (χ0) is 27.1. The lowest BCUT2D eigenvalue weighted by atomic mass is 9.80. The van der Waals surface area contributed by atoms with E-state index in [2.05, 4.69) is 152 Å². The van der Waals surface area contributed by atoms with Gasteiger partial charge < -0.3 is 5.32 Å². The molecule has 0 fully saturated rings. The number of hydrogen-bond donors (Lipinski definition) is 1. The maximum absolute atomic E-state index is 3.54. The molecule has 0 radical (unpaired) electrons. The quantitative estimate of drug-likeness (QED) is 0.232. The Hall–Kier alpha value is -5.06. The van der Waals surface area contributed by atoms with Crippen LogP contribution < -0.4 is 5.32 Å². The van der Waals surface area contributed by atoms with Gasteiger partial charge in [-0.25, -0.2) is 0 Å². The summed E-state index contributed by atoms with van der Waals surface area (Å²) in [4.78, 5) is 0. The molecule has 40 heavy (non-hydrogen) atoms. The number of allylic oxidation sites excluding steroid dienone is 2. The third-order valence-electron chi connectivity index (χ3n) is 7.96. The lowest BCUT2D eigenvalue weighted by Gasteiger charge is -2.22. The molecular weight excluding hydrogens is 482 g/mol. The zero-order valence-electron chi connectivity index (χ0n) is 22.8. The first-order valence-corrected chi connectivity index (χ1v) is 13.8. The Labute approximate surface area is 235 Å². The summed E-state index contributed by atoms with van der Waals surface area (Å²) in [5.74, 6) is 0. The van der Waals surface area contributed by atoms with Crippen molar-refractivity contribution in [3.05, 3.63) is 149 Å². The van der Waals surface area contributed by atoms with Crippen LogP contribution in [0, 0.1) is 6.92 Å². The molecule has 7 rings (SSSR count). The molecule has 0 unspecified atom stereocenters. The fourth-order valence-corrected chi connectivity index (χ4v) is 6.09. The summed E-state index contributed by atoms with van der Waals surface area (Å²) in [6, 6.07) is 35.3. The predicted octanol–water partition coefficient (Wildman–Crippen LogP) is 9.83. The summed E-state index contributed by atoms with van der Waals surface area (Å²) in [7, 11) is 0. The van der Waals surface area contributed by atoms with Gasteiger partial charge in [-0.15, -0.1) is 0 Å². The molecular formula is C39H29N. The van der Waals surface area contributed by atoms with E-state index in [0.29, 0.717) is 0 Å². The highest BCUT2D eigenvalue weighted by molar-refractivity contribution is 6.13. The van der Waals surface area contributed by atoms with Gasteiger partial charge in [-0.05, 0) is 92.4 Å². The van der Waals surface area contributed by atoms with Gasteiger partial charge in [0.25, 0.3) is 0 Å². The van der Waals surface area contributed by atoms with Crippen LogP contribution in [-0.4, -0.2) is 6.54 Å². The van der Waals surface area contributed by atoms with Gasteiger partial charge in [-0.3, -0.25) is 0 Å². The van der Waals surface area contributed by atoms with E-state index in [1.54, 1.807) is 0 Å². The first-order chi connectivity index (χ1) is 19.7.